The lowest BCUT2D eigenvalue weighted by molar-refractivity contribution is 0.0471. The van der Waals surface area contributed by atoms with E-state index in [1.54, 1.807) is 0 Å². The maximum atomic E-state index is 11.9. The van der Waals surface area contributed by atoms with Crippen molar-refractivity contribution in [2.24, 2.45) is 0 Å². The van der Waals surface area contributed by atoms with Crippen LogP contribution in [0, 0.1) is 13.8 Å². The zero-order valence-corrected chi connectivity index (χ0v) is 15.8. The van der Waals surface area contributed by atoms with Crippen molar-refractivity contribution in [3.05, 3.63) is 34.9 Å². The number of carbonyl (C=O) groups excluding carboxylic acids is 1. The van der Waals surface area contributed by atoms with Gasteiger partial charge >= 0.3 is 6.09 Å². The molecule has 0 saturated carbocycles. The van der Waals surface area contributed by atoms with Crippen LogP contribution in [0.2, 0.25) is 0 Å². The van der Waals surface area contributed by atoms with Crippen molar-refractivity contribution in [1.29, 1.82) is 0 Å². The maximum absolute atomic E-state index is 11.9. The molecule has 1 amide bonds. The van der Waals surface area contributed by atoms with Gasteiger partial charge in [-0.05, 0) is 72.1 Å². The molecule has 1 rings (SSSR count). The van der Waals surface area contributed by atoms with Gasteiger partial charge in [0.2, 0.25) is 0 Å². The van der Waals surface area contributed by atoms with Gasteiger partial charge in [0.25, 0.3) is 0 Å². The number of aryl methyl sites for hydroxylation is 2. The SMILES string of the molecule is Cc1ccc(C(C)NCC(C)(C)NC(=O)OC(C)(C)C)cc1C. The fourth-order valence-corrected chi connectivity index (χ4v) is 2.18. The van der Waals surface area contributed by atoms with Crippen molar-refractivity contribution >= 4 is 6.09 Å². The molecular formula is C19H32N2O2. The first-order chi connectivity index (χ1) is 10.4. The van der Waals surface area contributed by atoms with E-state index in [2.05, 4.69) is 49.6 Å². The van der Waals surface area contributed by atoms with Gasteiger partial charge in [-0.3, -0.25) is 0 Å². The van der Waals surface area contributed by atoms with Crippen LogP contribution >= 0.6 is 0 Å². The second-order valence-electron chi connectivity index (χ2n) is 7.96. The summed E-state index contributed by atoms with van der Waals surface area (Å²) in [6.07, 6.45) is -0.386. The molecule has 0 aromatic heterocycles. The summed E-state index contributed by atoms with van der Waals surface area (Å²) in [7, 11) is 0. The minimum Gasteiger partial charge on any atom is -0.444 e. The van der Waals surface area contributed by atoms with Crippen molar-refractivity contribution in [3.63, 3.8) is 0 Å². The standard InChI is InChI=1S/C19H32N2O2/c1-13-9-10-16(11-14(13)2)15(3)20-12-19(7,8)21-17(22)23-18(4,5)6/h9-11,15,20H,12H2,1-8H3,(H,21,22). The monoisotopic (exact) mass is 320 g/mol. The van der Waals surface area contributed by atoms with E-state index in [4.69, 9.17) is 4.74 Å². The first-order valence-electron chi connectivity index (χ1n) is 8.21. The average Bonchev–Trinajstić information content (AvgIpc) is 2.36. The van der Waals surface area contributed by atoms with Crippen LogP contribution < -0.4 is 10.6 Å². The molecule has 4 heteroatoms. The summed E-state index contributed by atoms with van der Waals surface area (Å²) < 4.78 is 5.32. The molecule has 4 nitrogen and oxygen atoms in total. The fraction of sp³-hybridized carbons (Fsp3) is 0.632. The molecule has 23 heavy (non-hydrogen) atoms. The third kappa shape index (κ3) is 7.04. The van der Waals surface area contributed by atoms with Gasteiger partial charge < -0.3 is 15.4 Å². The zero-order valence-electron chi connectivity index (χ0n) is 15.8. The van der Waals surface area contributed by atoms with Gasteiger partial charge in [-0.1, -0.05) is 18.2 Å². The predicted molar refractivity (Wildman–Crippen MR) is 95.8 cm³/mol. The molecule has 0 aliphatic heterocycles. The summed E-state index contributed by atoms with van der Waals surface area (Å²) >= 11 is 0. The minimum absolute atomic E-state index is 0.217. The van der Waals surface area contributed by atoms with Gasteiger partial charge in [-0.25, -0.2) is 4.79 Å². The summed E-state index contributed by atoms with van der Waals surface area (Å²) in [5.41, 5.74) is 2.97. The highest BCUT2D eigenvalue weighted by atomic mass is 16.6. The Bertz CT molecular complexity index is 545. The molecule has 0 heterocycles. The number of hydrogen-bond donors (Lipinski definition) is 2. The van der Waals surface area contributed by atoms with Gasteiger partial charge in [0.05, 0.1) is 5.54 Å². The van der Waals surface area contributed by atoms with Crippen LogP contribution in [0.15, 0.2) is 18.2 Å². The van der Waals surface area contributed by atoms with Crippen LogP contribution in [0.3, 0.4) is 0 Å². The lowest BCUT2D eigenvalue weighted by atomic mass is 10.0. The van der Waals surface area contributed by atoms with E-state index in [1.807, 2.05) is 34.6 Å². The van der Waals surface area contributed by atoms with Crippen LogP contribution in [-0.4, -0.2) is 23.8 Å². The zero-order chi connectivity index (χ0) is 17.8. The number of nitrogens with one attached hydrogen (secondary N) is 2. The molecule has 1 aromatic carbocycles. The third-order valence-corrected chi connectivity index (χ3v) is 3.72. The Morgan fingerprint density at radius 3 is 2.26 bits per heavy atom. The number of carbonyl (C=O) groups is 1. The Morgan fingerprint density at radius 1 is 1.13 bits per heavy atom. The van der Waals surface area contributed by atoms with Crippen molar-refractivity contribution in [2.45, 2.75) is 72.6 Å². The average molecular weight is 320 g/mol. The Morgan fingerprint density at radius 2 is 1.74 bits per heavy atom. The van der Waals surface area contributed by atoms with E-state index in [-0.39, 0.29) is 12.1 Å². The van der Waals surface area contributed by atoms with Gasteiger partial charge in [0.15, 0.2) is 0 Å². The van der Waals surface area contributed by atoms with E-state index in [1.165, 1.54) is 16.7 Å². The van der Waals surface area contributed by atoms with Crippen molar-refractivity contribution < 1.29 is 9.53 Å². The van der Waals surface area contributed by atoms with Crippen LogP contribution in [0.25, 0.3) is 0 Å². The molecule has 1 atom stereocenters. The molecule has 0 saturated heterocycles. The van der Waals surface area contributed by atoms with Crippen LogP contribution in [-0.2, 0) is 4.74 Å². The molecule has 1 aromatic rings. The molecule has 0 fully saturated rings. The van der Waals surface area contributed by atoms with E-state index in [0.717, 1.165) is 0 Å². The second-order valence-corrected chi connectivity index (χ2v) is 7.96. The highest BCUT2D eigenvalue weighted by Crippen LogP contribution is 2.17. The summed E-state index contributed by atoms with van der Waals surface area (Å²) in [6, 6.07) is 6.72. The Balaban J connectivity index is 2.57. The molecule has 1 unspecified atom stereocenters. The van der Waals surface area contributed by atoms with Crippen LogP contribution in [0.5, 0.6) is 0 Å². The molecular weight excluding hydrogens is 288 g/mol. The Kier molecular flexibility index (Phi) is 6.23. The number of alkyl carbamates (subject to hydrolysis) is 1. The Hall–Kier alpha value is -1.55. The van der Waals surface area contributed by atoms with Crippen LogP contribution in [0.4, 0.5) is 4.79 Å². The lowest BCUT2D eigenvalue weighted by Gasteiger charge is -2.30. The lowest BCUT2D eigenvalue weighted by Crippen LogP contribution is -2.51. The summed E-state index contributed by atoms with van der Waals surface area (Å²) in [4.78, 5) is 11.9. The summed E-state index contributed by atoms with van der Waals surface area (Å²) in [6.45, 7) is 16.6. The van der Waals surface area contributed by atoms with E-state index < -0.39 is 11.1 Å². The topological polar surface area (TPSA) is 50.4 Å². The first kappa shape index (κ1) is 19.5. The van der Waals surface area contributed by atoms with E-state index in [9.17, 15) is 4.79 Å². The number of rotatable bonds is 5. The predicted octanol–water partition coefficient (Wildman–Crippen LogP) is 4.26. The number of amides is 1. The molecule has 0 aliphatic carbocycles. The van der Waals surface area contributed by atoms with Crippen molar-refractivity contribution in [2.75, 3.05) is 6.54 Å². The Labute approximate surface area is 141 Å². The molecule has 130 valence electrons. The molecule has 0 bridgehead atoms. The van der Waals surface area contributed by atoms with Gasteiger partial charge in [0.1, 0.15) is 5.60 Å². The summed E-state index contributed by atoms with van der Waals surface area (Å²) in [5, 5.41) is 6.40. The number of hydrogen-bond acceptors (Lipinski definition) is 3. The molecule has 0 radical (unpaired) electrons. The smallest absolute Gasteiger partial charge is 0.408 e. The third-order valence-electron chi connectivity index (χ3n) is 3.72. The highest BCUT2D eigenvalue weighted by molar-refractivity contribution is 5.68. The summed E-state index contributed by atoms with van der Waals surface area (Å²) in [5.74, 6) is 0. The van der Waals surface area contributed by atoms with Crippen LogP contribution in [0.1, 0.15) is 64.3 Å². The second kappa shape index (κ2) is 7.35. The van der Waals surface area contributed by atoms with Gasteiger partial charge in [-0.15, -0.1) is 0 Å². The van der Waals surface area contributed by atoms with Crippen molar-refractivity contribution in [1.82, 2.24) is 10.6 Å². The first-order valence-corrected chi connectivity index (χ1v) is 8.21. The molecule has 0 aliphatic rings. The minimum atomic E-state index is -0.486. The normalized spacial score (nSPS) is 13.6. The highest BCUT2D eigenvalue weighted by Gasteiger charge is 2.25. The quantitative estimate of drug-likeness (QED) is 0.852. The largest absolute Gasteiger partial charge is 0.444 e. The molecule has 0 spiro atoms. The van der Waals surface area contributed by atoms with Gasteiger partial charge in [-0.2, -0.15) is 0 Å². The van der Waals surface area contributed by atoms with Gasteiger partial charge in [0, 0.05) is 12.6 Å². The molecule has 2 N–H and O–H groups in total. The van der Waals surface area contributed by atoms with E-state index in [0.29, 0.717) is 6.54 Å². The number of ether oxygens (including phenoxy) is 1. The van der Waals surface area contributed by atoms with E-state index >= 15 is 0 Å². The number of benzene rings is 1. The maximum Gasteiger partial charge on any atom is 0.408 e. The van der Waals surface area contributed by atoms with Crippen molar-refractivity contribution in [3.8, 4) is 0 Å². The fourth-order valence-electron chi connectivity index (χ4n) is 2.18.